The number of anilines is 1. The molecule has 0 spiro atoms. The van der Waals surface area contributed by atoms with Crippen molar-refractivity contribution in [3.8, 4) is 0 Å². The van der Waals surface area contributed by atoms with Crippen molar-refractivity contribution in [3.05, 3.63) is 28.8 Å². The topological polar surface area (TPSA) is 83.4 Å². The molecule has 0 unspecified atom stereocenters. The first-order chi connectivity index (χ1) is 12.9. The molecule has 2 aliphatic rings. The van der Waals surface area contributed by atoms with Gasteiger partial charge in [-0.3, -0.25) is 4.79 Å². The van der Waals surface area contributed by atoms with Gasteiger partial charge >= 0.3 is 0 Å². The number of halogens is 1. The van der Waals surface area contributed by atoms with Gasteiger partial charge in [0.25, 0.3) is 16.1 Å². The second-order valence-electron chi connectivity index (χ2n) is 6.85. The van der Waals surface area contributed by atoms with Gasteiger partial charge in [-0.1, -0.05) is 17.7 Å². The molecule has 1 aromatic rings. The quantitative estimate of drug-likeness (QED) is 0.668. The van der Waals surface area contributed by atoms with Crippen molar-refractivity contribution >= 4 is 33.4 Å². The fourth-order valence-electron chi connectivity index (χ4n) is 3.30. The molecule has 0 aliphatic carbocycles. The van der Waals surface area contributed by atoms with Gasteiger partial charge in [0.15, 0.2) is 6.54 Å². The van der Waals surface area contributed by atoms with Gasteiger partial charge in [-0.2, -0.15) is 17.0 Å². The molecular formula is C17H26ClN4O4S+. The molecule has 8 nitrogen and oxygen atoms in total. The van der Waals surface area contributed by atoms with Crippen LogP contribution in [0, 0.1) is 6.92 Å². The lowest BCUT2D eigenvalue weighted by atomic mass is 10.2. The number of piperazine rings is 1. The molecular weight excluding hydrogens is 392 g/mol. The molecule has 2 fully saturated rings. The summed E-state index contributed by atoms with van der Waals surface area (Å²) in [5, 5.41) is 3.47. The van der Waals surface area contributed by atoms with Crippen molar-refractivity contribution in [1.29, 1.82) is 0 Å². The highest BCUT2D eigenvalue weighted by Gasteiger charge is 2.35. The van der Waals surface area contributed by atoms with Crippen molar-refractivity contribution in [3.63, 3.8) is 0 Å². The predicted molar refractivity (Wildman–Crippen MR) is 103 cm³/mol. The van der Waals surface area contributed by atoms with Crippen LogP contribution < -0.4 is 10.2 Å². The van der Waals surface area contributed by atoms with Gasteiger partial charge in [-0.05, 0) is 24.6 Å². The van der Waals surface area contributed by atoms with Crippen LogP contribution >= 0.6 is 11.6 Å². The summed E-state index contributed by atoms with van der Waals surface area (Å²) in [6.07, 6.45) is 0. The summed E-state index contributed by atoms with van der Waals surface area (Å²) >= 11 is 5.98. The number of rotatable bonds is 5. The second kappa shape index (κ2) is 8.85. The first-order valence-corrected chi connectivity index (χ1v) is 10.9. The van der Waals surface area contributed by atoms with E-state index in [9.17, 15) is 13.2 Å². The van der Waals surface area contributed by atoms with Gasteiger partial charge < -0.3 is 15.0 Å². The lowest BCUT2D eigenvalue weighted by molar-refractivity contribution is -0.895. The predicted octanol–water partition coefficient (Wildman–Crippen LogP) is -0.636. The van der Waals surface area contributed by atoms with E-state index < -0.39 is 10.2 Å². The number of hydrogen-bond donors (Lipinski definition) is 2. The fraction of sp³-hybridized carbons (Fsp3) is 0.588. The first kappa shape index (κ1) is 20.5. The second-order valence-corrected chi connectivity index (χ2v) is 9.22. The number of hydrogen-bond acceptors (Lipinski definition) is 4. The van der Waals surface area contributed by atoms with Gasteiger partial charge in [0, 0.05) is 23.8 Å². The normalized spacial score (nSPS) is 20.5. The number of nitrogens with zero attached hydrogens (tertiary/aromatic N) is 2. The molecule has 2 saturated heterocycles. The number of amides is 1. The molecule has 0 radical (unpaired) electrons. The molecule has 1 amide bonds. The van der Waals surface area contributed by atoms with Crippen molar-refractivity contribution in [1.82, 2.24) is 8.61 Å². The molecule has 2 heterocycles. The van der Waals surface area contributed by atoms with E-state index in [1.165, 1.54) is 8.61 Å². The summed E-state index contributed by atoms with van der Waals surface area (Å²) in [6, 6.07) is 5.38. The Bertz CT molecular complexity index is 775. The summed E-state index contributed by atoms with van der Waals surface area (Å²) in [5.74, 6) is -0.0974. The molecule has 3 rings (SSSR count). The number of carbonyl (C=O) groups is 1. The van der Waals surface area contributed by atoms with Gasteiger partial charge in [-0.15, -0.1) is 0 Å². The molecule has 10 heteroatoms. The molecule has 2 N–H and O–H groups in total. The van der Waals surface area contributed by atoms with Crippen LogP contribution in [0.2, 0.25) is 5.02 Å². The summed E-state index contributed by atoms with van der Waals surface area (Å²) in [5.41, 5.74) is 1.66. The average Bonchev–Trinajstić information content (AvgIpc) is 2.66. The Hall–Kier alpha value is -1.23. The van der Waals surface area contributed by atoms with Gasteiger partial charge in [0.1, 0.15) is 0 Å². The third-order valence-corrected chi connectivity index (χ3v) is 7.21. The van der Waals surface area contributed by atoms with Crippen LogP contribution in [0.4, 0.5) is 5.69 Å². The third-order valence-electron chi connectivity index (χ3n) is 4.94. The molecule has 2 aliphatic heterocycles. The molecule has 1 aromatic carbocycles. The van der Waals surface area contributed by atoms with E-state index in [1.54, 1.807) is 12.1 Å². The standard InChI is InChI=1S/C17H25ClN4O4S/c1-14-2-3-15(18)12-16(14)19-17(23)13-20-4-6-21(7-5-20)27(24,25)22-8-10-26-11-9-22/h2-3,12H,4-11,13H2,1H3,(H,19,23)/p+1. The molecule has 27 heavy (non-hydrogen) atoms. The number of ether oxygens (including phenoxy) is 1. The van der Waals surface area contributed by atoms with Crippen molar-refractivity contribution in [2.24, 2.45) is 0 Å². The number of carbonyl (C=O) groups excluding carboxylic acids is 1. The van der Waals surface area contributed by atoms with Gasteiger partial charge in [0.05, 0.1) is 39.4 Å². The number of benzene rings is 1. The maximum absolute atomic E-state index is 12.7. The Morgan fingerprint density at radius 2 is 1.81 bits per heavy atom. The maximum Gasteiger partial charge on any atom is 0.282 e. The smallest absolute Gasteiger partial charge is 0.282 e. The summed E-state index contributed by atoms with van der Waals surface area (Å²) in [4.78, 5) is 13.4. The van der Waals surface area contributed by atoms with Gasteiger partial charge in [-0.25, -0.2) is 0 Å². The highest BCUT2D eigenvalue weighted by atomic mass is 35.5. The lowest BCUT2D eigenvalue weighted by Gasteiger charge is -2.35. The molecule has 0 aromatic heterocycles. The zero-order valence-corrected chi connectivity index (χ0v) is 17.0. The highest BCUT2D eigenvalue weighted by Crippen LogP contribution is 2.19. The van der Waals surface area contributed by atoms with E-state index in [0.717, 1.165) is 10.5 Å². The maximum atomic E-state index is 12.7. The third kappa shape index (κ3) is 5.18. The fourth-order valence-corrected chi connectivity index (χ4v) is 5.05. The zero-order valence-electron chi connectivity index (χ0n) is 15.4. The Labute approximate surface area is 165 Å². The van der Waals surface area contributed by atoms with Crippen LogP contribution in [-0.2, 0) is 19.7 Å². The van der Waals surface area contributed by atoms with E-state index in [1.807, 2.05) is 13.0 Å². The first-order valence-electron chi connectivity index (χ1n) is 9.09. The Kier molecular flexibility index (Phi) is 6.72. The van der Waals surface area contributed by atoms with E-state index >= 15 is 0 Å². The van der Waals surface area contributed by atoms with Gasteiger partial charge in [0.2, 0.25) is 0 Å². The van der Waals surface area contributed by atoms with Crippen molar-refractivity contribution in [2.45, 2.75) is 6.92 Å². The molecule has 150 valence electrons. The van der Waals surface area contributed by atoms with Crippen LogP contribution in [0.1, 0.15) is 5.56 Å². The molecule has 0 atom stereocenters. The van der Waals surface area contributed by atoms with E-state index in [0.29, 0.717) is 69.7 Å². The number of morpholine rings is 1. The van der Waals surface area contributed by atoms with E-state index in [4.69, 9.17) is 16.3 Å². The minimum Gasteiger partial charge on any atom is -0.379 e. The monoisotopic (exact) mass is 417 g/mol. The van der Waals surface area contributed by atoms with Crippen LogP contribution in [0.3, 0.4) is 0 Å². The van der Waals surface area contributed by atoms with Crippen LogP contribution in [-0.4, -0.2) is 82.0 Å². The van der Waals surface area contributed by atoms with E-state index in [-0.39, 0.29) is 5.91 Å². The lowest BCUT2D eigenvalue weighted by Crippen LogP contribution is -3.15. The summed E-state index contributed by atoms with van der Waals surface area (Å²) < 4.78 is 33.6. The summed E-state index contributed by atoms with van der Waals surface area (Å²) in [6.45, 7) is 5.92. The average molecular weight is 418 g/mol. The van der Waals surface area contributed by atoms with Crippen molar-refractivity contribution in [2.75, 3.05) is 64.3 Å². The van der Waals surface area contributed by atoms with Crippen LogP contribution in [0.25, 0.3) is 0 Å². The molecule has 0 saturated carbocycles. The van der Waals surface area contributed by atoms with Crippen LogP contribution in [0.5, 0.6) is 0 Å². The minimum absolute atomic E-state index is 0.0974. The largest absolute Gasteiger partial charge is 0.379 e. The van der Waals surface area contributed by atoms with Crippen molar-refractivity contribution < 1.29 is 22.8 Å². The minimum atomic E-state index is -3.44. The number of aryl methyl sites for hydroxylation is 1. The summed E-state index contributed by atoms with van der Waals surface area (Å²) in [7, 11) is -3.44. The number of nitrogens with one attached hydrogen (secondary N) is 2. The highest BCUT2D eigenvalue weighted by molar-refractivity contribution is 7.86. The SMILES string of the molecule is Cc1ccc(Cl)cc1NC(=O)C[NH+]1CCN(S(=O)(=O)N2CCOCC2)CC1. The number of quaternary nitrogens is 1. The Balaban J connectivity index is 1.50. The van der Waals surface area contributed by atoms with Crippen LogP contribution in [0.15, 0.2) is 18.2 Å². The Morgan fingerprint density at radius 3 is 2.48 bits per heavy atom. The Morgan fingerprint density at radius 1 is 1.19 bits per heavy atom. The molecule has 0 bridgehead atoms. The zero-order chi connectivity index (χ0) is 19.4. The van der Waals surface area contributed by atoms with E-state index in [2.05, 4.69) is 5.32 Å².